The Labute approximate surface area is 147 Å². The molecule has 1 aliphatic heterocycles. The van der Waals surface area contributed by atoms with Crippen molar-refractivity contribution in [2.75, 3.05) is 13.1 Å². The third-order valence-corrected chi connectivity index (χ3v) is 4.85. The smallest absolute Gasteiger partial charge is 0.263 e. The van der Waals surface area contributed by atoms with Gasteiger partial charge in [-0.25, -0.2) is 0 Å². The number of piperidine rings is 1. The standard InChI is InChI=1S/C20H24N2O3/c1-2-18(20(24)22-11-9-15(10-12-22)19(21)23)25-17-8-7-14-5-3-4-6-16(14)13-17/h3-8,13,15,18H,2,9-12H2,1H3,(H2,21,23)/t18-/m0/s1. The molecule has 5 nitrogen and oxygen atoms in total. The zero-order chi connectivity index (χ0) is 17.8. The number of fused-ring (bicyclic) bond motifs is 1. The molecule has 0 saturated carbocycles. The molecular weight excluding hydrogens is 316 g/mol. The van der Waals surface area contributed by atoms with Crippen molar-refractivity contribution in [3.05, 3.63) is 42.5 Å². The Morgan fingerprint density at radius 1 is 1.16 bits per heavy atom. The molecule has 1 atom stereocenters. The van der Waals surface area contributed by atoms with E-state index in [1.165, 1.54) is 0 Å². The van der Waals surface area contributed by atoms with E-state index in [1.807, 2.05) is 49.4 Å². The maximum absolute atomic E-state index is 12.8. The van der Waals surface area contributed by atoms with Crippen LogP contribution < -0.4 is 10.5 Å². The summed E-state index contributed by atoms with van der Waals surface area (Å²) < 4.78 is 5.98. The van der Waals surface area contributed by atoms with Gasteiger partial charge in [-0.3, -0.25) is 9.59 Å². The van der Waals surface area contributed by atoms with Gasteiger partial charge in [-0.05, 0) is 42.2 Å². The van der Waals surface area contributed by atoms with Gasteiger partial charge < -0.3 is 15.4 Å². The number of primary amides is 1. The number of carbonyl (C=O) groups excluding carboxylic acids is 2. The molecule has 0 spiro atoms. The van der Waals surface area contributed by atoms with E-state index in [0.717, 1.165) is 10.8 Å². The molecule has 0 aliphatic carbocycles. The number of hydrogen-bond donors (Lipinski definition) is 1. The summed E-state index contributed by atoms with van der Waals surface area (Å²) >= 11 is 0. The summed E-state index contributed by atoms with van der Waals surface area (Å²) in [6, 6.07) is 13.9. The Balaban J connectivity index is 1.67. The maximum atomic E-state index is 12.8. The third-order valence-electron chi connectivity index (χ3n) is 4.85. The Kier molecular flexibility index (Phi) is 5.22. The molecule has 2 N–H and O–H groups in total. The molecule has 0 bridgehead atoms. The molecule has 25 heavy (non-hydrogen) atoms. The van der Waals surface area contributed by atoms with E-state index in [-0.39, 0.29) is 17.7 Å². The number of carbonyl (C=O) groups is 2. The molecular formula is C20H24N2O3. The van der Waals surface area contributed by atoms with Crippen LogP contribution in [0.5, 0.6) is 5.75 Å². The second kappa shape index (κ2) is 7.55. The normalized spacial score (nSPS) is 16.6. The lowest BCUT2D eigenvalue weighted by Crippen LogP contribution is -2.47. The number of likely N-dealkylation sites (tertiary alicyclic amines) is 1. The average molecular weight is 340 g/mol. The van der Waals surface area contributed by atoms with Crippen molar-refractivity contribution in [3.8, 4) is 5.75 Å². The van der Waals surface area contributed by atoms with Crippen LogP contribution in [0.3, 0.4) is 0 Å². The Morgan fingerprint density at radius 2 is 1.84 bits per heavy atom. The molecule has 2 aromatic carbocycles. The Morgan fingerprint density at radius 3 is 2.48 bits per heavy atom. The minimum Gasteiger partial charge on any atom is -0.481 e. The van der Waals surface area contributed by atoms with E-state index in [0.29, 0.717) is 38.1 Å². The minimum absolute atomic E-state index is 0.0152. The quantitative estimate of drug-likeness (QED) is 0.909. The van der Waals surface area contributed by atoms with E-state index in [2.05, 4.69) is 0 Å². The van der Waals surface area contributed by atoms with Gasteiger partial charge in [-0.1, -0.05) is 37.3 Å². The van der Waals surface area contributed by atoms with Crippen molar-refractivity contribution in [2.24, 2.45) is 11.7 Å². The number of amides is 2. The van der Waals surface area contributed by atoms with Gasteiger partial charge in [-0.15, -0.1) is 0 Å². The van der Waals surface area contributed by atoms with Crippen LogP contribution >= 0.6 is 0 Å². The average Bonchev–Trinajstić information content (AvgIpc) is 2.65. The fourth-order valence-electron chi connectivity index (χ4n) is 3.30. The van der Waals surface area contributed by atoms with Crippen LogP contribution in [0.2, 0.25) is 0 Å². The van der Waals surface area contributed by atoms with Crippen molar-refractivity contribution >= 4 is 22.6 Å². The molecule has 1 saturated heterocycles. The van der Waals surface area contributed by atoms with Gasteiger partial charge in [-0.2, -0.15) is 0 Å². The second-order valence-electron chi connectivity index (χ2n) is 6.53. The summed E-state index contributed by atoms with van der Waals surface area (Å²) in [5, 5.41) is 2.23. The first kappa shape index (κ1) is 17.3. The molecule has 2 amide bonds. The van der Waals surface area contributed by atoms with Gasteiger partial charge in [0.1, 0.15) is 5.75 Å². The highest BCUT2D eigenvalue weighted by Gasteiger charge is 2.30. The van der Waals surface area contributed by atoms with Gasteiger partial charge in [0.05, 0.1) is 0 Å². The summed E-state index contributed by atoms with van der Waals surface area (Å²) in [6.07, 6.45) is 1.36. The molecule has 0 unspecified atom stereocenters. The molecule has 1 heterocycles. The van der Waals surface area contributed by atoms with E-state index < -0.39 is 6.10 Å². The van der Waals surface area contributed by atoms with E-state index >= 15 is 0 Å². The fourth-order valence-corrected chi connectivity index (χ4v) is 3.30. The lowest BCUT2D eigenvalue weighted by atomic mass is 9.96. The Bertz CT molecular complexity index is 766. The molecule has 5 heteroatoms. The van der Waals surface area contributed by atoms with Crippen molar-refractivity contribution in [2.45, 2.75) is 32.3 Å². The van der Waals surface area contributed by atoms with E-state index in [4.69, 9.17) is 10.5 Å². The molecule has 2 aromatic rings. The first-order valence-corrected chi connectivity index (χ1v) is 8.82. The third kappa shape index (κ3) is 3.92. The lowest BCUT2D eigenvalue weighted by Gasteiger charge is -2.33. The maximum Gasteiger partial charge on any atom is 0.263 e. The molecule has 1 aliphatic rings. The molecule has 0 radical (unpaired) electrons. The van der Waals surface area contributed by atoms with Crippen LogP contribution in [0.1, 0.15) is 26.2 Å². The number of rotatable bonds is 5. The van der Waals surface area contributed by atoms with Gasteiger partial charge in [0.25, 0.3) is 5.91 Å². The summed E-state index contributed by atoms with van der Waals surface area (Å²) in [4.78, 5) is 25.8. The SMILES string of the molecule is CC[C@H](Oc1ccc2ccccc2c1)C(=O)N1CCC(C(N)=O)CC1. The number of ether oxygens (including phenoxy) is 1. The molecule has 0 aromatic heterocycles. The molecule has 1 fully saturated rings. The topological polar surface area (TPSA) is 72.6 Å². The largest absolute Gasteiger partial charge is 0.481 e. The van der Waals surface area contributed by atoms with Crippen molar-refractivity contribution in [1.29, 1.82) is 0 Å². The van der Waals surface area contributed by atoms with Gasteiger partial charge >= 0.3 is 0 Å². The van der Waals surface area contributed by atoms with Crippen molar-refractivity contribution in [1.82, 2.24) is 4.90 Å². The fraction of sp³-hybridized carbons (Fsp3) is 0.400. The summed E-state index contributed by atoms with van der Waals surface area (Å²) in [7, 11) is 0. The van der Waals surface area contributed by atoms with Crippen LogP contribution in [0.15, 0.2) is 42.5 Å². The molecule has 132 valence electrons. The molecule has 3 rings (SSSR count). The van der Waals surface area contributed by atoms with Crippen LogP contribution in [0.4, 0.5) is 0 Å². The van der Waals surface area contributed by atoms with E-state index in [1.54, 1.807) is 4.90 Å². The van der Waals surface area contributed by atoms with Gasteiger partial charge in [0.15, 0.2) is 6.10 Å². The van der Waals surface area contributed by atoms with Crippen LogP contribution in [0, 0.1) is 5.92 Å². The minimum atomic E-state index is -0.508. The predicted molar refractivity (Wildman–Crippen MR) is 97.2 cm³/mol. The highest BCUT2D eigenvalue weighted by Crippen LogP contribution is 2.23. The number of hydrogen-bond acceptors (Lipinski definition) is 3. The highest BCUT2D eigenvalue weighted by atomic mass is 16.5. The zero-order valence-corrected chi connectivity index (χ0v) is 14.5. The number of benzene rings is 2. The highest BCUT2D eigenvalue weighted by molar-refractivity contribution is 5.85. The second-order valence-corrected chi connectivity index (χ2v) is 6.53. The van der Waals surface area contributed by atoms with Crippen LogP contribution in [-0.4, -0.2) is 35.9 Å². The summed E-state index contributed by atoms with van der Waals surface area (Å²) in [5.74, 6) is 0.293. The monoisotopic (exact) mass is 340 g/mol. The first-order valence-electron chi connectivity index (χ1n) is 8.82. The van der Waals surface area contributed by atoms with Crippen LogP contribution in [0.25, 0.3) is 10.8 Å². The summed E-state index contributed by atoms with van der Waals surface area (Å²) in [5.41, 5.74) is 5.36. The van der Waals surface area contributed by atoms with Crippen LogP contribution in [-0.2, 0) is 9.59 Å². The van der Waals surface area contributed by atoms with Gasteiger partial charge in [0, 0.05) is 19.0 Å². The zero-order valence-electron chi connectivity index (χ0n) is 14.5. The van der Waals surface area contributed by atoms with Crippen molar-refractivity contribution in [3.63, 3.8) is 0 Å². The summed E-state index contributed by atoms with van der Waals surface area (Å²) in [6.45, 7) is 3.06. The van der Waals surface area contributed by atoms with Crippen molar-refractivity contribution < 1.29 is 14.3 Å². The predicted octanol–water partition coefficient (Wildman–Crippen LogP) is 2.72. The van der Waals surface area contributed by atoms with E-state index in [9.17, 15) is 9.59 Å². The first-order chi connectivity index (χ1) is 12.1. The number of nitrogens with two attached hydrogens (primary N) is 1. The number of nitrogens with zero attached hydrogens (tertiary/aromatic N) is 1. The van der Waals surface area contributed by atoms with Gasteiger partial charge in [0.2, 0.25) is 5.91 Å². The lowest BCUT2D eigenvalue weighted by molar-refractivity contribution is -0.141. The Hall–Kier alpha value is -2.56.